The molecule has 7 heteroatoms. The van der Waals surface area contributed by atoms with Crippen molar-refractivity contribution < 1.29 is 19.1 Å². The maximum absolute atomic E-state index is 11.9. The minimum absolute atomic E-state index is 0.217. The Morgan fingerprint density at radius 3 is 2.63 bits per heavy atom. The summed E-state index contributed by atoms with van der Waals surface area (Å²) < 4.78 is 6.77. The number of nitrogens with zero attached hydrogens (tertiary/aromatic N) is 3. The van der Waals surface area contributed by atoms with Gasteiger partial charge in [0.25, 0.3) is 5.91 Å². The Kier molecular flexibility index (Phi) is 5.49. The van der Waals surface area contributed by atoms with Gasteiger partial charge in [-0.25, -0.2) is 9.48 Å². The Bertz CT molecular complexity index is 899. The highest BCUT2D eigenvalue weighted by Gasteiger charge is 2.26. The van der Waals surface area contributed by atoms with Crippen molar-refractivity contribution in [1.29, 1.82) is 0 Å². The molecule has 0 spiro atoms. The minimum Gasteiger partial charge on any atom is -0.452 e. The van der Waals surface area contributed by atoms with E-state index in [2.05, 4.69) is 5.10 Å². The zero-order valence-electron chi connectivity index (χ0n) is 15.3. The second kappa shape index (κ2) is 7.99. The lowest BCUT2D eigenvalue weighted by atomic mass is 10.2. The highest BCUT2D eigenvalue weighted by atomic mass is 16.5. The number of aryl methyl sites for hydroxylation is 1. The number of amides is 2. The van der Waals surface area contributed by atoms with E-state index < -0.39 is 18.5 Å². The van der Waals surface area contributed by atoms with Crippen LogP contribution in [0.1, 0.15) is 29.8 Å². The number of imide groups is 1. The molecule has 1 fully saturated rings. The topological polar surface area (TPSA) is 81.5 Å². The summed E-state index contributed by atoms with van der Waals surface area (Å²) in [6, 6.07) is 9.70. The number of aromatic nitrogens is 2. The summed E-state index contributed by atoms with van der Waals surface area (Å²) in [6.07, 6.45) is 3.92. The molecule has 0 atom stereocenters. The van der Waals surface area contributed by atoms with Crippen molar-refractivity contribution in [2.45, 2.75) is 26.7 Å². The molecule has 27 heavy (non-hydrogen) atoms. The number of hydrogen-bond acceptors (Lipinski definition) is 5. The molecule has 140 valence electrons. The molecule has 0 bridgehead atoms. The van der Waals surface area contributed by atoms with E-state index in [1.165, 1.54) is 6.08 Å². The zero-order valence-corrected chi connectivity index (χ0v) is 15.3. The third-order valence-electron chi connectivity index (χ3n) is 4.45. The molecule has 1 aromatic carbocycles. The number of carbonyl (C=O) groups is 3. The van der Waals surface area contributed by atoms with E-state index in [1.54, 1.807) is 6.08 Å². The van der Waals surface area contributed by atoms with E-state index in [9.17, 15) is 14.4 Å². The van der Waals surface area contributed by atoms with E-state index in [0.29, 0.717) is 19.4 Å². The van der Waals surface area contributed by atoms with Crippen molar-refractivity contribution in [2.75, 3.05) is 13.2 Å². The number of likely N-dealkylation sites (tertiary alicyclic amines) is 1. The Balaban J connectivity index is 1.64. The van der Waals surface area contributed by atoms with Crippen molar-refractivity contribution in [3.8, 4) is 5.69 Å². The summed E-state index contributed by atoms with van der Waals surface area (Å²) in [4.78, 5) is 36.5. The SMILES string of the molecule is Cc1nn(-c2ccccc2)c(C)c1/C=C/C(=O)OCC(=O)N1CCCC1=O. The van der Waals surface area contributed by atoms with Gasteiger partial charge in [-0.15, -0.1) is 0 Å². The summed E-state index contributed by atoms with van der Waals surface area (Å²) in [5, 5.41) is 4.51. The molecule has 1 saturated heterocycles. The van der Waals surface area contributed by atoms with Crippen LogP contribution >= 0.6 is 0 Å². The molecule has 0 aliphatic carbocycles. The maximum atomic E-state index is 11.9. The Morgan fingerprint density at radius 2 is 1.96 bits per heavy atom. The van der Waals surface area contributed by atoms with Crippen LogP contribution in [-0.2, 0) is 19.1 Å². The van der Waals surface area contributed by atoms with Crippen LogP contribution < -0.4 is 0 Å². The van der Waals surface area contributed by atoms with Crippen molar-refractivity contribution in [3.63, 3.8) is 0 Å². The van der Waals surface area contributed by atoms with Gasteiger partial charge in [0.2, 0.25) is 5.91 Å². The third kappa shape index (κ3) is 4.13. The van der Waals surface area contributed by atoms with Crippen molar-refractivity contribution in [1.82, 2.24) is 14.7 Å². The smallest absolute Gasteiger partial charge is 0.331 e. The molecule has 0 N–H and O–H groups in total. The minimum atomic E-state index is -0.638. The first kappa shape index (κ1) is 18.6. The fourth-order valence-electron chi connectivity index (χ4n) is 3.04. The molecular weight excluding hydrogens is 346 g/mol. The number of ether oxygens (including phenoxy) is 1. The molecule has 2 aromatic rings. The van der Waals surface area contributed by atoms with Crippen molar-refractivity contribution in [3.05, 3.63) is 53.4 Å². The first-order valence-electron chi connectivity index (χ1n) is 8.77. The molecule has 2 amide bonds. The summed E-state index contributed by atoms with van der Waals surface area (Å²) in [5.74, 6) is -1.34. The number of carbonyl (C=O) groups excluding carboxylic acids is 3. The van der Waals surface area contributed by atoms with Crippen LogP contribution in [0.5, 0.6) is 0 Å². The number of hydrogen-bond donors (Lipinski definition) is 0. The van der Waals surface area contributed by atoms with Crippen LogP contribution in [-0.4, -0.2) is 45.6 Å². The van der Waals surface area contributed by atoms with Gasteiger partial charge in [-0.3, -0.25) is 14.5 Å². The zero-order chi connectivity index (χ0) is 19.4. The lowest BCUT2D eigenvalue weighted by Gasteiger charge is -2.12. The van der Waals surface area contributed by atoms with E-state index in [-0.39, 0.29) is 5.91 Å². The molecule has 0 radical (unpaired) electrons. The molecule has 0 saturated carbocycles. The molecule has 1 aliphatic rings. The summed E-state index contributed by atoms with van der Waals surface area (Å²) in [6.45, 7) is 3.73. The van der Waals surface area contributed by atoms with Crippen LogP contribution in [0.15, 0.2) is 36.4 Å². The highest BCUT2D eigenvalue weighted by molar-refractivity contribution is 5.98. The van der Waals surface area contributed by atoms with Crippen LogP contribution in [0.4, 0.5) is 0 Å². The van der Waals surface area contributed by atoms with E-state index in [0.717, 1.165) is 27.5 Å². The van der Waals surface area contributed by atoms with Crippen LogP contribution in [0.2, 0.25) is 0 Å². The average molecular weight is 367 g/mol. The van der Waals surface area contributed by atoms with Gasteiger partial charge in [-0.2, -0.15) is 5.10 Å². The predicted molar refractivity (Wildman–Crippen MR) is 99.0 cm³/mol. The fraction of sp³-hybridized carbons (Fsp3) is 0.300. The summed E-state index contributed by atoms with van der Waals surface area (Å²) in [7, 11) is 0. The first-order valence-corrected chi connectivity index (χ1v) is 8.77. The molecule has 2 heterocycles. The molecular formula is C20H21N3O4. The number of para-hydroxylation sites is 1. The normalized spacial score (nSPS) is 14.1. The van der Waals surface area contributed by atoms with Crippen molar-refractivity contribution >= 4 is 23.9 Å². The lowest BCUT2D eigenvalue weighted by molar-refractivity contribution is -0.151. The Morgan fingerprint density at radius 1 is 1.22 bits per heavy atom. The van der Waals surface area contributed by atoms with Gasteiger partial charge in [-0.1, -0.05) is 18.2 Å². The van der Waals surface area contributed by atoms with Gasteiger partial charge in [-0.05, 0) is 38.5 Å². The predicted octanol–water partition coefficient (Wildman–Crippen LogP) is 2.19. The average Bonchev–Trinajstić information content (AvgIpc) is 3.22. The molecule has 1 aromatic heterocycles. The quantitative estimate of drug-likeness (QED) is 0.598. The van der Waals surface area contributed by atoms with Crippen LogP contribution in [0.3, 0.4) is 0 Å². The molecule has 7 nitrogen and oxygen atoms in total. The fourth-order valence-corrected chi connectivity index (χ4v) is 3.04. The lowest BCUT2D eigenvalue weighted by Crippen LogP contribution is -2.35. The van der Waals surface area contributed by atoms with Gasteiger partial charge >= 0.3 is 5.97 Å². The van der Waals surface area contributed by atoms with Gasteiger partial charge in [0, 0.05) is 30.3 Å². The van der Waals surface area contributed by atoms with Gasteiger partial charge < -0.3 is 4.74 Å². The van der Waals surface area contributed by atoms with E-state index in [1.807, 2.05) is 48.9 Å². The maximum Gasteiger partial charge on any atom is 0.331 e. The third-order valence-corrected chi connectivity index (χ3v) is 4.45. The molecule has 0 unspecified atom stereocenters. The van der Waals surface area contributed by atoms with E-state index in [4.69, 9.17) is 4.74 Å². The van der Waals surface area contributed by atoms with Gasteiger partial charge in [0.05, 0.1) is 11.4 Å². The highest BCUT2D eigenvalue weighted by Crippen LogP contribution is 2.19. The first-order chi connectivity index (χ1) is 13.0. The molecule has 1 aliphatic heterocycles. The standard InChI is InChI=1S/C20H21N3O4/c1-14-17(15(2)23(21-14)16-7-4-3-5-8-16)10-11-20(26)27-13-19(25)22-12-6-9-18(22)24/h3-5,7-8,10-11H,6,9,12-13H2,1-2H3/b11-10+. The second-order valence-electron chi connectivity index (χ2n) is 6.32. The number of rotatable bonds is 5. The van der Waals surface area contributed by atoms with Crippen LogP contribution in [0.25, 0.3) is 11.8 Å². The summed E-state index contributed by atoms with van der Waals surface area (Å²) >= 11 is 0. The second-order valence-corrected chi connectivity index (χ2v) is 6.32. The van der Waals surface area contributed by atoms with Gasteiger partial charge in [0.1, 0.15) is 0 Å². The number of benzene rings is 1. The monoisotopic (exact) mass is 367 g/mol. The Hall–Kier alpha value is -3.22. The van der Waals surface area contributed by atoms with E-state index >= 15 is 0 Å². The largest absolute Gasteiger partial charge is 0.452 e. The Labute approximate surface area is 157 Å². The molecule has 3 rings (SSSR count). The van der Waals surface area contributed by atoms with Gasteiger partial charge in [0.15, 0.2) is 6.61 Å². The number of esters is 1. The summed E-state index contributed by atoms with van der Waals surface area (Å²) in [5.41, 5.74) is 3.42. The van der Waals surface area contributed by atoms with Crippen molar-refractivity contribution in [2.24, 2.45) is 0 Å². The van der Waals surface area contributed by atoms with Crippen LogP contribution in [0, 0.1) is 13.8 Å².